The first-order valence-corrected chi connectivity index (χ1v) is 9.11. The highest BCUT2D eigenvalue weighted by Crippen LogP contribution is 2.37. The Morgan fingerprint density at radius 3 is 3.04 bits per heavy atom. The zero-order valence-corrected chi connectivity index (χ0v) is 14.5. The molecule has 1 aliphatic rings. The molecule has 0 aliphatic carbocycles. The van der Waals surface area contributed by atoms with E-state index >= 15 is 0 Å². The van der Waals surface area contributed by atoms with Crippen molar-refractivity contribution in [2.24, 2.45) is 0 Å². The van der Waals surface area contributed by atoms with Gasteiger partial charge in [-0.15, -0.1) is 11.3 Å². The second kappa shape index (κ2) is 6.00. The number of non-ortho nitro benzene ring substituents is 1. The lowest BCUT2D eigenvalue weighted by molar-refractivity contribution is -0.384. The quantitative estimate of drug-likeness (QED) is 0.562. The fourth-order valence-corrected chi connectivity index (χ4v) is 4.56. The van der Waals surface area contributed by atoms with Crippen molar-refractivity contribution in [2.75, 3.05) is 6.54 Å². The van der Waals surface area contributed by atoms with Crippen molar-refractivity contribution in [1.82, 2.24) is 9.88 Å². The lowest BCUT2D eigenvalue weighted by atomic mass is 9.96. The van der Waals surface area contributed by atoms with E-state index in [-0.39, 0.29) is 17.6 Å². The molecule has 6 nitrogen and oxygen atoms in total. The summed E-state index contributed by atoms with van der Waals surface area (Å²) >= 11 is 1.74. The number of benzene rings is 1. The Morgan fingerprint density at radius 2 is 2.28 bits per heavy atom. The molecule has 2 aromatic heterocycles. The van der Waals surface area contributed by atoms with Crippen LogP contribution in [-0.4, -0.2) is 27.3 Å². The maximum atomic E-state index is 13.2. The van der Waals surface area contributed by atoms with Crippen LogP contribution in [0.15, 0.2) is 35.8 Å². The standard InChI is InChI=1S/C18H17N3O3S/c1-2-16-12-6-8-25-17(12)5-7-20(16)18(22)14-10-19-15-4-3-11(21(23)24)9-13(14)15/h3-4,6,8-10,16,19H,2,5,7H2,1H3. The zero-order valence-electron chi connectivity index (χ0n) is 13.7. The first-order valence-electron chi connectivity index (χ1n) is 8.23. The summed E-state index contributed by atoms with van der Waals surface area (Å²) in [6, 6.07) is 6.73. The highest BCUT2D eigenvalue weighted by atomic mass is 32.1. The topological polar surface area (TPSA) is 79.2 Å². The van der Waals surface area contributed by atoms with Crippen molar-refractivity contribution < 1.29 is 9.72 Å². The molecule has 1 atom stereocenters. The molecule has 3 heterocycles. The first kappa shape index (κ1) is 15.8. The summed E-state index contributed by atoms with van der Waals surface area (Å²) in [5.74, 6) is -0.0737. The number of thiophene rings is 1. The summed E-state index contributed by atoms with van der Waals surface area (Å²) in [6.07, 6.45) is 3.36. The van der Waals surface area contributed by atoms with Crippen LogP contribution in [0.5, 0.6) is 0 Å². The number of H-pyrrole nitrogens is 1. The van der Waals surface area contributed by atoms with Gasteiger partial charge in [-0.3, -0.25) is 14.9 Å². The van der Waals surface area contributed by atoms with Crippen LogP contribution in [0.1, 0.15) is 40.2 Å². The molecule has 1 aromatic carbocycles. The van der Waals surface area contributed by atoms with Crippen molar-refractivity contribution >= 4 is 33.8 Å². The van der Waals surface area contributed by atoms with E-state index in [0.29, 0.717) is 17.5 Å². The van der Waals surface area contributed by atoms with Crippen molar-refractivity contribution in [3.8, 4) is 0 Å². The fourth-order valence-electron chi connectivity index (χ4n) is 3.63. The Hall–Kier alpha value is -2.67. The minimum atomic E-state index is -0.436. The molecule has 0 radical (unpaired) electrons. The van der Waals surface area contributed by atoms with Gasteiger partial charge in [0.1, 0.15) is 0 Å². The summed E-state index contributed by atoms with van der Waals surface area (Å²) in [7, 11) is 0. The number of aromatic nitrogens is 1. The summed E-state index contributed by atoms with van der Waals surface area (Å²) < 4.78 is 0. The molecular formula is C18H17N3O3S. The molecule has 1 amide bonds. The number of nitrogens with zero attached hydrogens (tertiary/aromatic N) is 2. The van der Waals surface area contributed by atoms with Crippen LogP contribution in [-0.2, 0) is 6.42 Å². The van der Waals surface area contributed by atoms with Gasteiger partial charge < -0.3 is 9.88 Å². The van der Waals surface area contributed by atoms with Crippen LogP contribution >= 0.6 is 11.3 Å². The first-order chi connectivity index (χ1) is 12.1. The highest BCUT2D eigenvalue weighted by Gasteiger charge is 2.32. The maximum Gasteiger partial charge on any atom is 0.270 e. The van der Waals surface area contributed by atoms with Crippen molar-refractivity contribution in [3.05, 3.63) is 62.0 Å². The Bertz CT molecular complexity index is 975. The molecule has 25 heavy (non-hydrogen) atoms. The van der Waals surface area contributed by atoms with Crippen LogP contribution in [0, 0.1) is 10.1 Å². The SMILES string of the molecule is CCC1c2ccsc2CCN1C(=O)c1c[nH]c2ccc([N+](=O)[O-])cc12. The molecule has 1 N–H and O–H groups in total. The third-order valence-corrected chi connectivity index (χ3v) is 5.85. The molecule has 7 heteroatoms. The smallest absolute Gasteiger partial charge is 0.270 e. The molecule has 0 saturated heterocycles. The summed E-state index contributed by atoms with van der Waals surface area (Å²) in [5, 5.41) is 13.7. The monoisotopic (exact) mass is 355 g/mol. The van der Waals surface area contributed by atoms with E-state index in [1.807, 2.05) is 4.90 Å². The van der Waals surface area contributed by atoms with Crippen molar-refractivity contribution in [2.45, 2.75) is 25.8 Å². The maximum absolute atomic E-state index is 13.2. The molecular weight excluding hydrogens is 338 g/mol. The normalized spacial score (nSPS) is 16.8. The van der Waals surface area contributed by atoms with Gasteiger partial charge in [-0.1, -0.05) is 6.92 Å². The molecule has 0 fully saturated rings. The van der Waals surface area contributed by atoms with Gasteiger partial charge in [-0.25, -0.2) is 0 Å². The second-order valence-electron chi connectivity index (χ2n) is 6.16. The zero-order chi connectivity index (χ0) is 17.6. The van der Waals surface area contributed by atoms with E-state index in [2.05, 4.69) is 23.4 Å². The average molecular weight is 355 g/mol. The Kier molecular flexibility index (Phi) is 3.80. The summed E-state index contributed by atoms with van der Waals surface area (Å²) in [5.41, 5.74) is 2.45. The van der Waals surface area contributed by atoms with Gasteiger partial charge in [-0.05, 0) is 35.9 Å². The summed E-state index contributed by atoms with van der Waals surface area (Å²) in [6.45, 7) is 2.75. The van der Waals surface area contributed by atoms with E-state index < -0.39 is 4.92 Å². The molecule has 4 rings (SSSR count). The van der Waals surface area contributed by atoms with Crippen LogP contribution in [0.25, 0.3) is 10.9 Å². The third-order valence-electron chi connectivity index (χ3n) is 4.85. The van der Waals surface area contributed by atoms with Crippen LogP contribution in [0.2, 0.25) is 0 Å². The number of carbonyl (C=O) groups is 1. The van der Waals surface area contributed by atoms with Crippen LogP contribution < -0.4 is 0 Å². The number of fused-ring (bicyclic) bond motifs is 2. The molecule has 1 aliphatic heterocycles. The van der Waals surface area contributed by atoms with Gasteiger partial charge in [0.15, 0.2) is 0 Å². The average Bonchev–Trinajstić information content (AvgIpc) is 3.26. The number of nitrogens with one attached hydrogen (secondary N) is 1. The minimum absolute atomic E-state index is 0.00745. The predicted octanol–water partition coefficient (Wildman–Crippen LogP) is 4.29. The van der Waals surface area contributed by atoms with E-state index in [4.69, 9.17) is 0 Å². The van der Waals surface area contributed by atoms with Crippen LogP contribution in [0.3, 0.4) is 0 Å². The number of carbonyl (C=O) groups excluding carboxylic acids is 1. The van der Waals surface area contributed by atoms with Gasteiger partial charge in [0, 0.05) is 40.7 Å². The third kappa shape index (κ3) is 2.51. The second-order valence-corrected chi connectivity index (χ2v) is 7.16. The molecule has 0 bridgehead atoms. The number of nitro benzene ring substituents is 1. The number of rotatable bonds is 3. The molecule has 1 unspecified atom stereocenters. The van der Waals surface area contributed by atoms with E-state index in [1.54, 1.807) is 23.6 Å². The largest absolute Gasteiger partial charge is 0.360 e. The molecule has 3 aromatic rings. The van der Waals surface area contributed by atoms with Gasteiger partial charge in [0.05, 0.1) is 16.5 Å². The van der Waals surface area contributed by atoms with Gasteiger partial charge in [0.25, 0.3) is 11.6 Å². The highest BCUT2D eigenvalue weighted by molar-refractivity contribution is 7.10. The summed E-state index contributed by atoms with van der Waals surface area (Å²) in [4.78, 5) is 30.1. The molecule has 0 saturated carbocycles. The Balaban J connectivity index is 1.75. The molecule has 0 spiro atoms. The minimum Gasteiger partial charge on any atom is -0.360 e. The van der Waals surface area contributed by atoms with E-state index in [1.165, 1.54) is 22.6 Å². The van der Waals surface area contributed by atoms with Crippen molar-refractivity contribution in [3.63, 3.8) is 0 Å². The van der Waals surface area contributed by atoms with Crippen molar-refractivity contribution in [1.29, 1.82) is 0 Å². The van der Waals surface area contributed by atoms with Crippen LogP contribution in [0.4, 0.5) is 5.69 Å². The predicted molar refractivity (Wildman–Crippen MR) is 97.0 cm³/mol. The van der Waals surface area contributed by atoms with E-state index in [9.17, 15) is 14.9 Å². The van der Waals surface area contributed by atoms with Gasteiger partial charge in [-0.2, -0.15) is 0 Å². The number of amides is 1. The number of nitro groups is 1. The van der Waals surface area contributed by atoms with Gasteiger partial charge in [0.2, 0.25) is 0 Å². The van der Waals surface area contributed by atoms with Gasteiger partial charge >= 0.3 is 0 Å². The molecule has 128 valence electrons. The van der Waals surface area contributed by atoms with E-state index in [0.717, 1.165) is 18.4 Å². The Labute approximate surface area is 148 Å². The number of hydrogen-bond donors (Lipinski definition) is 1. The lowest BCUT2D eigenvalue weighted by Gasteiger charge is -2.35. The lowest BCUT2D eigenvalue weighted by Crippen LogP contribution is -2.39. The number of hydrogen-bond acceptors (Lipinski definition) is 4. The Morgan fingerprint density at radius 1 is 1.44 bits per heavy atom. The fraction of sp³-hybridized carbons (Fsp3) is 0.278. The number of aromatic amines is 1.